The van der Waals surface area contributed by atoms with Crippen molar-refractivity contribution in [3.05, 3.63) is 91.0 Å². The van der Waals surface area contributed by atoms with E-state index in [1.165, 1.54) is 27.5 Å². The van der Waals surface area contributed by atoms with Crippen LogP contribution in [0.1, 0.15) is 5.56 Å². The van der Waals surface area contributed by atoms with Crippen LogP contribution in [0.25, 0.3) is 55.0 Å². The fraction of sp³-hybridized carbons (Fsp3) is 0.0385. The van der Waals surface area contributed by atoms with Crippen molar-refractivity contribution >= 4 is 32.6 Å². The van der Waals surface area contributed by atoms with Crippen LogP contribution in [0.4, 0.5) is 0 Å². The minimum absolute atomic E-state index is 0.968. The molecule has 3 heterocycles. The van der Waals surface area contributed by atoms with E-state index in [0.29, 0.717) is 0 Å². The normalized spacial score (nSPS) is 11.6. The van der Waals surface area contributed by atoms with Gasteiger partial charge < -0.3 is 9.40 Å². The molecule has 6 aromatic rings. The second kappa shape index (κ2) is 6.08. The fourth-order valence-electron chi connectivity index (χ4n) is 4.38. The molecule has 3 nitrogen and oxygen atoms in total. The van der Waals surface area contributed by atoms with Crippen LogP contribution in [-0.2, 0) is 0 Å². The lowest BCUT2D eigenvalue weighted by Gasteiger charge is -2.12. The lowest BCUT2D eigenvalue weighted by atomic mass is 9.92. The second-order valence-electron chi connectivity index (χ2n) is 7.46. The molecule has 29 heavy (non-hydrogen) atoms. The van der Waals surface area contributed by atoms with Crippen molar-refractivity contribution in [1.82, 2.24) is 9.97 Å². The van der Waals surface area contributed by atoms with Gasteiger partial charge in [-0.2, -0.15) is 0 Å². The molecule has 3 aromatic carbocycles. The van der Waals surface area contributed by atoms with E-state index in [2.05, 4.69) is 65.4 Å². The van der Waals surface area contributed by atoms with Gasteiger partial charge in [-0.1, -0.05) is 30.3 Å². The molecule has 0 aliphatic heterocycles. The molecule has 1 N–H and O–H groups in total. The zero-order valence-corrected chi connectivity index (χ0v) is 15.9. The average Bonchev–Trinajstić information content (AvgIpc) is 3.38. The van der Waals surface area contributed by atoms with Gasteiger partial charge in [0.2, 0.25) is 0 Å². The van der Waals surface area contributed by atoms with Crippen LogP contribution in [0, 0.1) is 6.92 Å². The van der Waals surface area contributed by atoms with Crippen molar-refractivity contribution in [3.8, 4) is 22.4 Å². The summed E-state index contributed by atoms with van der Waals surface area (Å²) in [6, 6.07) is 23.3. The van der Waals surface area contributed by atoms with Crippen LogP contribution in [0.2, 0.25) is 0 Å². The second-order valence-corrected chi connectivity index (χ2v) is 7.46. The smallest absolute Gasteiger partial charge is 0.0988 e. The molecule has 138 valence electrons. The third-order valence-electron chi connectivity index (χ3n) is 5.71. The highest BCUT2D eigenvalue weighted by Crippen LogP contribution is 2.39. The van der Waals surface area contributed by atoms with Crippen LogP contribution in [-0.4, -0.2) is 9.97 Å². The molecule has 3 aromatic heterocycles. The number of nitrogens with one attached hydrogen (secondary N) is 1. The Bertz CT molecular complexity index is 1510. The van der Waals surface area contributed by atoms with Crippen molar-refractivity contribution in [1.29, 1.82) is 0 Å². The number of benzene rings is 3. The summed E-state index contributed by atoms with van der Waals surface area (Å²) in [6.07, 6.45) is 5.51. The minimum Gasteiger partial charge on any atom is -0.471 e. The number of aromatic nitrogens is 2. The van der Waals surface area contributed by atoms with Gasteiger partial charge in [-0.25, -0.2) is 0 Å². The first kappa shape index (κ1) is 16.1. The van der Waals surface area contributed by atoms with Crippen LogP contribution >= 0.6 is 0 Å². The molecule has 6 rings (SSSR count). The van der Waals surface area contributed by atoms with Gasteiger partial charge in [-0.3, -0.25) is 4.98 Å². The molecule has 0 aliphatic rings. The summed E-state index contributed by atoms with van der Waals surface area (Å²) in [5.41, 5.74) is 7.96. The Morgan fingerprint density at radius 3 is 2.48 bits per heavy atom. The Balaban J connectivity index is 1.63. The molecule has 0 saturated carbocycles. The Labute approximate surface area is 167 Å². The highest BCUT2D eigenvalue weighted by Gasteiger charge is 2.16. The Hall–Kier alpha value is -3.85. The minimum atomic E-state index is 0.968. The molecular formula is C26H18N2O. The third kappa shape index (κ3) is 2.41. The first-order valence-corrected chi connectivity index (χ1v) is 9.71. The number of H-pyrrole nitrogens is 1. The molecule has 0 bridgehead atoms. The molecule has 0 saturated heterocycles. The first-order valence-electron chi connectivity index (χ1n) is 9.71. The zero-order chi connectivity index (χ0) is 19.4. The number of aryl methyl sites for hydroxylation is 1. The Kier molecular flexibility index (Phi) is 3.38. The molecule has 0 radical (unpaired) electrons. The molecule has 0 aliphatic carbocycles. The fourth-order valence-corrected chi connectivity index (χ4v) is 4.38. The molecule has 0 amide bonds. The van der Waals surface area contributed by atoms with E-state index in [9.17, 15) is 0 Å². The van der Waals surface area contributed by atoms with Gasteiger partial charge in [0.15, 0.2) is 0 Å². The van der Waals surface area contributed by atoms with Gasteiger partial charge >= 0.3 is 0 Å². The van der Waals surface area contributed by atoms with Gasteiger partial charge in [0.1, 0.15) is 0 Å². The van der Waals surface area contributed by atoms with Crippen LogP contribution in [0.15, 0.2) is 89.9 Å². The molecule has 3 heteroatoms. The Morgan fingerprint density at radius 2 is 1.59 bits per heavy atom. The van der Waals surface area contributed by atoms with Crippen molar-refractivity contribution in [3.63, 3.8) is 0 Å². The van der Waals surface area contributed by atoms with E-state index >= 15 is 0 Å². The topological polar surface area (TPSA) is 41.8 Å². The SMILES string of the molecule is Cc1cc(-c2ccc3[nH]c4ccccc4c3c2)c2cocc2c1-c1ccccn1. The summed E-state index contributed by atoms with van der Waals surface area (Å²) in [7, 11) is 0. The zero-order valence-electron chi connectivity index (χ0n) is 15.9. The maximum atomic E-state index is 5.65. The number of pyridine rings is 1. The van der Waals surface area contributed by atoms with Gasteiger partial charge in [-0.05, 0) is 60.0 Å². The van der Waals surface area contributed by atoms with E-state index in [0.717, 1.165) is 33.1 Å². The lowest BCUT2D eigenvalue weighted by Crippen LogP contribution is -1.90. The van der Waals surface area contributed by atoms with Crippen molar-refractivity contribution in [2.75, 3.05) is 0 Å². The standard InChI is InChI=1S/C26H18N2O/c1-16-12-19(21-14-29-15-22(21)26(16)25-8-4-5-11-27-25)17-9-10-24-20(13-17)18-6-2-3-7-23(18)28-24/h2-15,28H,1H3. The van der Waals surface area contributed by atoms with Crippen LogP contribution < -0.4 is 0 Å². The number of furan rings is 1. The van der Waals surface area contributed by atoms with Crippen molar-refractivity contribution in [2.24, 2.45) is 0 Å². The lowest BCUT2D eigenvalue weighted by molar-refractivity contribution is 0.572. The van der Waals surface area contributed by atoms with Crippen LogP contribution in [0.3, 0.4) is 0 Å². The maximum Gasteiger partial charge on any atom is 0.0988 e. The first-order chi connectivity index (χ1) is 14.3. The average molecular weight is 374 g/mol. The predicted molar refractivity (Wildman–Crippen MR) is 119 cm³/mol. The number of hydrogen-bond acceptors (Lipinski definition) is 2. The monoisotopic (exact) mass is 374 g/mol. The molecule has 0 spiro atoms. The third-order valence-corrected chi connectivity index (χ3v) is 5.71. The number of nitrogens with zero attached hydrogens (tertiary/aromatic N) is 1. The quantitative estimate of drug-likeness (QED) is 0.351. The van der Waals surface area contributed by atoms with E-state index in [4.69, 9.17) is 4.42 Å². The van der Waals surface area contributed by atoms with Crippen molar-refractivity contribution in [2.45, 2.75) is 6.92 Å². The van der Waals surface area contributed by atoms with Crippen molar-refractivity contribution < 1.29 is 4.42 Å². The molecule has 0 unspecified atom stereocenters. The largest absolute Gasteiger partial charge is 0.471 e. The summed E-state index contributed by atoms with van der Waals surface area (Å²) in [6.45, 7) is 2.14. The molecule has 0 atom stereocenters. The molecular weight excluding hydrogens is 356 g/mol. The van der Waals surface area contributed by atoms with Gasteiger partial charge in [-0.15, -0.1) is 0 Å². The van der Waals surface area contributed by atoms with E-state index in [1.54, 1.807) is 0 Å². The van der Waals surface area contributed by atoms with Crippen LogP contribution in [0.5, 0.6) is 0 Å². The number of para-hydroxylation sites is 1. The van der Waals surface area contributed by atoms with E-state index in [1.807, 2.05) is 36.9 Å². The number of rotatable bonds is 2. The van der Waals surface area contributed by atoms with Gasteiger partial charge in [0.05, 0.1) is 18.2 Å². The van der Waals surface area contributed by atoms with Gasteiger partial charge in [0, 0.05) is 44.3 Å². The summed E-state index contributed by atoms with van der Waals surface area (Å²) >= 11 is 0. The maximum absolute atomic E-state index is 5.65. The highest BCUT2D eigenvalue weighted by molar-refractivity contribution is 6.10. The summed E-state index contributed by atoms with van der Waals surface area (Å²) in [4.78, 5) is 8.07. The number of aromatic amines is 1. The van der Waals surface area contributed by atoms with E-state index < -0.39 is 0 Å². The van der Waals surface area contributed by atoms with Gasteiger partial charge in [0.25, 0.3) is 0 Å². The number of fused-ring (bicyclic) bond motifs is 4. The summed E-state index contributed by atoms with van der Waals surface area (Å²) in [5, 5.41) is 4.68. The van der Waals surface area contributed by atoms with E-state index in [-0.39, 0.29) is 0 Å². The Morgan fingerprint density at radius 1 is 0.759 bits per heavy atom. The number of hydrogen-bond donors (Lipinski definition) is 1. The summed E-state index contributed by atoms with van der Waals surface area (Å²) in [5.74, 6) is 0. The highest BCUT2D eigenvalue weighted by atomic mass is 16.3. The summed E-state index contributed by atoms with van der Waals surface area (Å²) < 4.78 is 5.65. The predicted octanol–water partition coefficient (Wildman–Crippen LogP) is 7.10. The molecule has 0 fully saturated rings.